The van der Waals surface area contributed by atoms with Crippen LogP contribution in [-0.2, 0) is 24.3 Å². The van der Waals surface area contributed by atoms with Gasteiger partial charge in [0.15, 0.2) is 0 Å². The van der Waals surface area contributed by atoms with Gasteiger partial charge in [0, 0.05) is 13.1 Å². The molecule has 1 fully saturated rings. The Morgan fingerprint density at radius 2 is 2.29 bits per heavy atom. The molecule has 21 heavy (non-hydrogen) atoms. The Hall–Kier alpha value is -1.16. The first kappa shape index (κ1) is 16.2. The van der Waals surface area contributed by atoms with Gasteiger partial charge in [-0.3, -0.25) is 9.59 Å². The van der Waals surface area contributed by atoms with E-state index >= 15 is 0 Å². The summed E-state index contributed by atoms with van der Waals surface area (Å²) in [6.07, 6.45) is -0.333. The first-order valence-electron chi connectivity index (χ1n) is 5.98. The van der Waals surface area contributed by atoms with Crippen LogP contribution in [0.3, 0.4) is 0 Å². The molecule has 10 heteroatoms. The van der Waals surface area contributed by atoms with Crippen molar-refractivity contribution < 1.29 is 22.7 Å². The molecule has 0 aromatic carbocycles. The maximum Gasteiger partial charge on any atom is 0.307 e. The number of ether oxygens (including phenoxy) is 1. The molecule has 1 atom stereocenters. The van der Waals surface area contributed by atoms with Gasteiger partial charge in [0.05, 0.1) is 17.9 Å². The van der Waals surface area contributed by atoms with Crippen LogP contribution in [0.15, 0.2) is 16.3 Å². The van der Waals surface area contributed by atoms with Crippen LogP contribution in [0.5, 0.6) is 0 Å². The van der Waals surface area contributed by atoms with Gasteiger partial charge in [0.2, 0.25) is 5.91 Å². The Labute approximate surface area is 130 Å². The Morgan fingerprint density at radius 1 is 1.57 bits per heavy atom. The van der Waals surface area contributed by atoms with Crippen LogP contribution in [0.1, 0.15) is 6.42 Å². The SMILES string of the molecule is COC(=O)C[C@@H]1C(=O)NCCN1S(=O)(=O)c1ccc(Cl)s1. The van der Waals surface area contributed by atoms with E-state index in [4.69, 9.17) is 11.6 Å². The lowest BCUT2D eigenvalue weighted by Crippen LogP contribution is -2.57. The van der Waals surface area contributed by atoms with Crippen molar-refractivity contribution in [3.05, 3.63) is 16.5 Å². The maximum absolute atomic E-state index is 12.6. The Kier molecular flexibility index (Phi) is 4.87. The van der Waals surface area contributed by atoms with Gasteiger partial charge in [0.1, 0.15) is 10.3 Å². The Bertz CT molecular complexity index is 657. The summed E-state index contributed by atoms with van der Waals surface area (Å²) in [5, 5.41) is 2.54. The number of carbonyl (C=O) groups excluding carboxylic acids is 2. The number of methoxy groups -OCH3 is 1. The third kappa shape index (κ3) is 3.37. The number of hydrogen-bond donors (Lipinski definition) is 1. The van der Waals surface area contributed by atoms with Gasteiger partial charge in [-0.1, -0.05) is 11.6 Å². The number of piperazine rings is 1. The molecule has 0 aliphatic carbocycles. The number of nitrogens with zero attached hydrogens (tertiary/aromatic N) is 1. The smallest absolute Gasteiger partial charge is 0.307 e. The van der Waals surface area contributed by atoms with Crippen LogP contribution in [0, 0.1) is 0 Å². The molecule has 0 radical (unpaired) electrons. The van der Waals surface area contributed by atoms with Gasteiger partial charge >= 0.3 is 5.97 Å². The predicted molar refractivity (Wildman–Crippen MR) is 76.7 cm³/mol. The molecule has 0 unspecified atom stereocenters. The number of sulfonamides is 1. The fourth-order valence-electron chi connectivity index (χ4n) is 1.97. The van der Waals surface area contributed by atoms with Crippen LogP contribution >= 0.6 is 22.9 Å². The second-order valence-corrected chi connectivity index (χ2v) is 8.09. The molecule has 1 aliphatic rings. The van der Waals surface area contributed by atoms with E-state index in [1.807, 2.05) is 0 Å². The second kappa shape index (κ2) is 6.30. The molecular formula is C11H13ClN2O5S2. The number of thiophene rings is 1. The average molecular weight is 353 g/mol. The van der Waals surface area contributed by atoms with Crippen molar-refractivity contribution >= 4 is 44.8 Å². The van der Waals surface area contributed by atoms with E-state index < -0.39 is 27.9 Å². The van der Waals surface area contributed by atoms with E-state index in [2.05, 4.69) is 10.1 Å². The largest absolute Gasteiger partial charge is 0.469 e. The maximum atomic E-state index is 12.6. The lowest BCUT2D eigenvalue weighted by Gasteiger charge is -2.32. The highest BCUT2D eigenvalue weighted by Gasteiger charge is 2.40. The lowest BCUT2D eigenvalue weighted by atomic mass is 10.1. The van der Waals surface area contributed by atoms with E-state index in [0.29, 0.717) is 4.34 Å². The van der Waals surface area contributed by atoms with Gasteiger partial charge in [-0.05, 0) is 12.1 Å². The molecule has 1 N–H and O–H groups in total. The molecule has 1 amide bonds. The van der Waals surface area contributed by atoms with Crippen molar-refractivity contribution in [3.63, 3.8) is 0 Å². The average Bonchev–Trinajstić information content (AvgIpc) is 2.88. The number of esters is 1. The predicted octanol–water partition coefficient (Wildman–Crippen LogP) is 0.454. The quantitative estimate of drug-likeness (QED) is 0.794. The van der Waals surface area contributed by atoms with Crippen molar-refractivity contribution in [2.24, 2.45) is 0 Å². The molecule has 1 aromatic rings. The van der Waals surface area contributed by atoms with E-state index in [-0.39, 0.29) is 23.7 Å². The van der Waals surface area contributed by atoms with E-state index in [0.717, 1.165) is 15.6 Å². The number of nitrogens with one attached hydrogen (secondary N) is 1. The lowest BCUT2D eigenvalue weighted by molar-refractivity contribution is -0.144. The number of hydrogen-bond acceptors (Lipinski definition) is 6. The minimum absolute atomic E-state index is 0.0389. The standard InChI is InChI=1S/C11H13ClN2O5S2/c1-19-9(15)6-7-11(16)13-4-5-14(7)21(17,18)10-3-2-8(12)20-10/h2-3,7H,4-6H2,1H3,(H,13,16)/t7-/m1/s1. The minimum atomic E-state index is -3.88. The molecule has 2 rings (SSSR count). The molecule has 7 nitrogen and oxygen atoms in total. The summed E-state index contributed by atoms with van der Waals surface area (Å²) in [5.41, 5.74) is 0. The zero-order valence-corrected chi connectivity index (χ0v) is 13.4. The number of rotatable bonds is 4. The number of amides is 1. The molecule has 2 heterocycles. The summed E-state index contributed by atoms with van der Waals surface area (Å²) >= 11 is 6.66. The van der Waals surface area contributed by atoms with Gasteiger partial charge in [0.25, 0.3) is 10.0 Å². The minimum Gasteiger partial charge on any atom is -0.469 e. The fourth-order valence-corrected chi connectivity index (χ4v) is 5.17. The summed E-state index contributed by atoms with van der Waals surface area (Å²) in [4.78, 5) is 23.3. The van der Waals surface area contributed by atoms with Crippen molar-refractivity contribution in [1.82, 2.24) is 9.62 Å². The van der Waals surface area contributed by atoms with Gasteiger partial charge < -0.3 is 10.1 Å². The van der Waals surface area contributed by atoms with E-state index in [1.54, 1.807) is 0 Å². The zero-order valence-electron chi connectivity index (χ0n) is 11.0. The van der Waals surface area contributed by atoms with Crippen molar-refractivity contribution in [3.8, 4) is 0 Å². The summed E-state index contributed by atoms with van der Waals surface area (Å²) in [6, 6.07) is 1.74. The summed E-state index contributed by atoms with van der Waals surface area (Å²) < 4.78 is 31.0. The van der Waals surface area contributed by atoms with Crippen LogP contribution in [0.4, 0.5) is 0 Å². The summed E-state index contributed by atoms with van der Waals surface area (Å²) in [5.74, 6) is -1.17. The summed E-state index contributed by atoms with van der Waals surface area (Å²) in [7, 11) is -2.70. The highest BCUT2D eigenvalue weighted by molar-refractivity contribution is 7.91. The van der Waals surface area contributed by atoms with Gasteiger partial charge in [-0.15, -0.1) is 11.3 Å². The molecule has 116 valence electrons. The highest BCUT2D eigenvalue weighted by Crippen LogP contribution is 2.30. The normalized spacial score (nSPS) is 20.1. The Balaban J connectivity index is 2.33. The van der Waals surface area contributed by atoms with E-state index in [9.17, 15) is 18.0 Å². The molecule has 1 aromatic heterocycles. The number of carbonyl (C=O) groups is 2. The Morgan fingerprint density at radius 3 is 2.86 bits per heavy atom. The van der Waals surface area contributed by atoms with Crippen molar-refractivity contribution in [2.75, 3.05) is 20.2 Å². The molecular weight excluding hydrogens is 340 g/mol. The van der Waals surface area contributed by atoms with Crippen LogP contribution in [0.25, 0.3) is 0 Å². The molecule has 1 saturated heterocycles. The second-order valence-electron chi connectivity index (χ2n) is 4.26. The molecule has 0 spiro atoms. The topological polar surface area (TPSA) is 92.8 Å². The van der Waals surface area contributed by atoms with Crippen molar-refractivity contribution in [1.29, 1.82) is 0 Å². The molecule has 0 saturated carbocycles. The monoisotopic (exact) mass is 352 g/mol. The van der Waals surface area contributed by atoms with Crippen molar-refractivity contribution in [2.45, 2.75) is 16.7 Å². The summed E-state index contributed by atoms with van der Waals surface area (Å²) in [6.45, 7) is 0.278. The zero-order chi connectivity index (χ0) is 15.6. The van der Waals surface area contributed by atoms with Gasteiger partial charge in [-0.2, -0.15) is 4.31 Å². The molecule has 0 bridgehead atoms. The third-order valence-corrected chi connectivity index (χ3v) is 6.59. The first-order chi connectivity index (χ1) is 9.86. The number of halogens is 1. The van der Waals surface area contributed by atoms with Gasteiger partial charge in [-0.25, -0.2) is 8.42 Å². The highest BCUT2D eigenvalue weighted by atomic mass is 35.5. The van der Waals surface area contributed by atoms with Crippen LogP contribution < -0.4 is 5.32 Å². The fraction of sp³-hybridized carbons (Fsp3) is 0.455. The molecule has 1 aliphatic heterocycles. The first-order valence-corrected chi connectivity index (χ1v) is 8.61. The third-order valence-electron chi connectivity index (χ3n) is 2.98. The van der Waals surface area contributed by atoms with Crippen LogP contribution in [0.2, 0.25) is 4.34 Å². The van der Waals surface area contributed by atoms with E-state index in [1.165, 1.54) is 19.2 Å². The van der Waals surface area contributed by atoms with Crippen LogP contribution in [-0.4, -0.2) is 50.8 Å².